The van der Waals surface area contributed by atoms with Crippen LogP contribution in [0.1, 0.15) is 6.42 Å². The quantitative estimate of drug-likeness (QED) is 0.717. The van der Waals surface area contributed by atoms with Gasteiger partial charge in [-0.1, -0.05) is 35.3 Å². The molecule has 0 spiro atoms. The Morgan fingerprint density at radius 2 is 1.66 bits per heavy atom. The van der Waals surface area contributed by atoms with Gasteiger partial charge >= 0.3 is 0 Å². The molecule has 1 heterocycles. The second kappa shape index (κ2) is 9.40. The highest BCUT2D eigenvalue weighted by atomic mass is 35.5. The minimum Gasteiger partial charge on any atom is -0.324 e. The van der Waals surface area contributed by atoms with E-state index in [2.05, 4.69) is 5.32 Å². The number of benzene rings is 2. The van der Waals surface area contributed by atoms with Crippen LogP contribution in [0, 0.1) is 5.82 Å². The molecular formula is C19H20Cl2FN3O3S. The summed E-state index contributed by atoms with van der Waals surface area (Å²) >= 11 is 12.1. The molecule has 1 aliphatic heterocycles. The number of halogens is 3. The third-order valence-electron chi connectivity index (χ3n) is 4.65. The predicted molar refractivity (Wildman–Crippen MR) is 111 cm³/mol. The van der Waals surface area contributed by atoms with Gasteiger partial charge in [0.2, 0.25) is 15.9 Å². The van der Waals surface area contributed by atoms with E-state index in [0.29, 0.717) is 35.4 Å². The van der Waals surface area contributed by atoms with E-state index >= 15 is 0 Å². The minimum atomic E-state index is -3.73. The van der Waals surface area contributed by atoms with Crippen LogP contribution in [0.2, 0.25) is 10.0 Å². The van der Waals surface area contributed by atoms with Gasteiger partial charge in [0, 0.05) is 39.1 Å². The number of hydrogen-bond donors (Lipinski definition) is 1. The average Bonchev–Trinajstić information content (AvgIpc) is 2.69. The Morgan fingerprint density at radius 1 is 1.03 bits per heavy atom. The SMILES string of the molecule is O=C(CCN1CCN(S(=O)(=O)c2cccc(F)c2)CC1)Nc1c(Cl)cccc1Cl. The van der Waals surface area contributed by atoms with Crippen molar-refractivity contribution in [3.05, 3.63) is 58.3 Å². The summed E-state index contributed by atoms with van der Waals surface area (Å²) in [5.74, 6) is -0.816. The average molecular weight is 460 g/mol. The maximum absolute atomic E-state index is 13.4. The number of sulfonamides is 1. The molecule has 1 aliphatic rings. The van der Waals surface area contributed by atoms with Gasteiger partial charge in [0.15, 0.2) is 0 Å². The number of anilines is 1. The Labute approximate surface area is 179 Å². The summed E-state index contributed by atoms with van der Waals surface area (Å²) in [6.07, 6.45) is 0.220. The smallest absolute Gasteiger partial charge is 0.243 e. The van der Waals surface area contributed by atoms with Crippen molar-refractivity contribution in [2.45, 2.75) is 11.3 Å². The zero-order valence-electron chi connectivity index (χ0n) is 15.4. The van der Waals surface area contributed by atoms with E-state index in [4.69, 9.17) is 23.2 Å². The van der Waals surface area contributed by atoms with Crippen LogP contribution in [0.5, 0.6) is 0 Å². The van der Waals surface area contributed by atoms with Gasteiger partial charge in [-0.05, 0) is 30.3 Å². The molecule has 29 heavy (non-hydrogen) atoms. The van der Waals surface area contributed by atoms with Crippen LogP contribution >= 0.6 is 23.2 Å². The van der Waals surface area contributed by atoms with E-state index < -0.39 is 15.8 Å². The van der Waals surface area contributed by atoms with Crippen molar-refractivity contribution in [3.63, 3.8) is 0 Å². The second-order valence-corrected chi connectivity index (χ2v) is 9.35. The van der Waals surface area contributed by atoms with E-state index in [-0.39, 0.29) is 30.3 Å². The normalized spacial score (nSPS) is 16.0. The van der Waals surface area contributed by atoms with Crippen LogP contribution in [0.3, 0.4) is 0 Å². The largest absolute Gasteiger partial charge is 0.324 e. The lowest BCUT2D eigenvalue weighted by atomic mass is 10.2. The van der Waals surface area contributed by atoms with Crippen molar-refractivity contribution >= 4 is 44.8 Å². The Kier molecular flexibility index (Phi) is 7.13. The number of para-hydroxylation sites is 1. The van der Waals surface area contributed by atoms with Crippen molar-refractivity contribution in [1.82, 2.24) is 9.21 Å². The Bertz CT molecular complexity index is 976. The monoisotopic (exact) mass is 459 g/mol. The number of nitrogens with one attached hydrogen (secondary N) is 1. The number of carbonyl (C=O) groups is 1. The highest BCUT2D eigenvalue weighted by molar-refractivity contribution is 7.89. The highest BCUT2D eigenvalue weighted by Crippen LogP contribution is 2.29. The maximum atomic E-state index is 13.4. The molecule has 2 aromatic carbocycles. The molecule has 0 radical (unpaired) electrons. The summed E-state index contributed by atoms with van der Waals surface area (Å²) in [5, 5.41) is 3.43. The number of amides is 1. The Balaban J connectivity index is 1.50. The lowest BCUT2D eigenvalue weighted by Gasteiger charge is -2.33. The number of hydrogen-bond acceptors (Lipinski definition) is 4. The first kappa shape index (κ1) is 22.0. The Morgan fingerprint density at radius 3 is 2.28 bits per heavy atom. The van der Waals surface area contributed by atoms with E-state index in [9.17, 15) is 17.6 Å². The molecule has 3 rings (SSSR count). The van der Waals surface area contributed by atoms with Gasteiger partial charge in [0.05, 0.1) is 20.6 Å². The van der Waals surface area contributed by atoms with Gasteiger partial charge in [0.1, 0.15) is 5.82 Å². The van der Waals surface area contributed by atoms with Gasteiger partial charge in [0.25, 0.3) is 0 Å². The van der Waals surface area contributed by atoms with Gasteiger partial charge in [-0.3, -0.25) is 4.79 Å². The van der Waals surface area contributed by atoms with Crippen molar-refractivity contribution in [2.24, 2.45) is 0 Å². The molecule has 0 aromatic heterocycles. The van der Waals surface area contributed by atoms with Crippen LogP contribution in [0.15, 0.2) is 47.4 Å². The molecule has 1 saturated heterocycles. The van der Waals surface area contributed by atoms with E-state index in [0.717, 1.165) is 6.07 Å². The van der Waals surface area contributed by atoms with E-state index in [1.54, 1.807) is 18.2 Å². The number of carbonyl (C=O) groups excluding carboxylic acids is 1. The third-order valence-corrected chi connectivity index (χ3v) is 7.17. The topological polar surface area (TPSA) is 69.7 Å². The molecule has 0 bridgehead atoms. The number of rotatable bonds is 6. The fraction of sp³-hybridized carbons (Fsp3) is 0.316. The molecule has 156 valence electrons. The molecule has 1 fully saturated rings. The van der Waals surface area contributed by atoms with Crippen molar-refractivity contribution in [2.75, 3.05) is 38.0 Å². The summed E-state index contributed by atoms with van der Waals surface area (Å²) in [6.45, 7) is 1.98. The molecular weight excluding hydrogens is 440 g/mol. The first-order chi connectivity index (χ1) is 13.8. The minimum absolute atomic E-state index is 0.0538. The van der Waals surface area contributed by atoms with Gasteiger partial charge < -0.3 is 10.2 Å². The lowest BCUT2D eigenvalue weighted by molar-refractivity contribution is -0.116. The molecule has 1 amide bonds. The van der Waals surface area contributed by atoms with Gasteiger partial charge in [-0.2, -0.15) is 4.31 Å². The van der Waals surface area contributed by atoms with Gasteiger partial charge in [-0.25, -0.2) is 12.8 Å². The summed E-state index contributed by atoms with van der Waals surface area (Å²) in [6, 6.07) is 9.96. The highest BCUT2D eigenvalue weighted by Gasteiger charge is 2.28. The third kappa shape index (κ3) is 5.46. The van der Waals surface area contributed by atoms with Crippen LogP contribution in [-0.4, -0.2) is 56.3 Å². The fourth-order valence-electron chi connectivity index (χ4n) is 3.05. The summed E-state index contributed by atoms with van der Waals surface area (Å²) in [5.41, 5.74) is 0.381. The molecule has 10 heteroatoms. The Hall–Kier alpha value is -1.71. The molecule has 0 saturated carbocycles. The fourth-order valence-corrected chi connectivity index (χ4v) is 4.99. The van der Waals surface area contributed by atoms with Gasteiger partial charge in [-0.15, -0.1) is 0 Å². The molecule has 0 aliphatic carbocycles. The second-order valence-electron chi connectivity index (χ2n) is 6.60. The molecule has 6 nitrogen and oxygen atoms in total. The van der Waals surface area contributed by atoms with Crippen molar-refractivity contribution in [1.29, 1.82) is 0 Å². The van der Waals surface area contributed by atoms with E-state index in [1.165, 1.54) is 22.5 Å². The predicted octanol–water partition coefficient (Wildman–Crippen LogP) is 3.47. The molecule has 2 aromatic rings. The lowest BCUT2D eigenvalue weighted by Crippen LogP contribution is -2.49. The summed E-state index contributed by atoms with van der Waals surface area (Å²) < 4.78 is 40.0. The zero-order valence-corrected chi connectivity index (χ0v) is 17.8. The molecule has 0 atom stereocenters. The summed E-state index contributed by atoms with van der Waals surface area (Å²) in [4.78, 5) is 14.2. The van der Waals surface area contributed by atoms with Crippen LogP contribution in [-0.2, 0) is 14.8 Å². The number of nitrogens with zero attached hydrogens (tertiary/aromatic N) is 2. The number of piperazine rings is 1. The first-order valence-corrected chi connectivity index (χ1v) is 11.2. The van der Waals surface area contributed by atoms with Crippen molar-refractivity contribution in [3.8, 4) is 0 Å². The summed E-state index contributed by atoms with van der Waals surface area (Å²) in [7, 11) is -3.73. The van der Waals surface area contributed by atoms with Crippen molar-refractivity contribution < 1.29 is 17.6 Å². The maximum Gasteiger partial charge on any atom is 0.243 e. The molecule has 1 N–H and O–H groups in total. The molecule has 0 unspecified atom stereocenters. The van der Waals surface area contributed by atoms with E-state index in [1.807, 2.05) is 4.90 Å². The van der Waals surface area contributed by atoms with Crippen LogP contribution < -0.4 is 5.32 Å². The standard InChI is InChI=1S/C19H20Cl2FN3O3S/c20-16-5-2-6-17(21)19(16)23-18(26)7-8-24-9-11-25(12-10-24)29(27,28)15-4-1-3-14(22)13-15/h1-6,13H,7-12H2,(H,23,26). The van der Waals surface area contributed by atoms with Crippen LogP contribution in [0.4, 0.5) is 10.1 Å². The van der Waals surface area contributed by atoms with Crippen LogP contribution in [0.25, 0.3) is 0 Å². The zero-order chi connectivity index (χ0) is 21.0. The first-order valence-electron chi connectivity index (χ1n) is 8.99.